The smallest absolute Gasteiger partial charge is 0.250 e. The second-order valence-corrected chi connectivity index (χ2v) is 8.17. The highest BCUT2D eigenvalue weighted by Crippen LogP contribution is 2.31. The van der Waals surface area contributed by atoms with Gasteiger partial charge in [-0.25, -0.2) is 0 Å². The highest BCUT2D eigenvalue weighted by molar-refractivity contribution is 7.99. The monoisotopic (exact) mass is 392 g/mol. The number of nitrogens with two attached hydrogens (primary N) is 1. The summed E-state index contributed by atoms with van der Waals surface area (Å²) in [6, 6.07) is 14.3. The van der Waals surface area contributed by atoms with Crippen LogP contribution in [0.1, 0.15) is 42.5 Å². The number of primary amides is 1. The molecule has 0 spiro atoms. The molecule has 2 heterocycles. The number of hydrogen-bond acceptors (Lipinski definition) is 4. The number of hydrogen-bond donors (Lipinski definition) is 2. The Kier molecular flexibility index (Phi) is 5.67. The lowest BCUT2D eigenvalue weighted by Gasteiger charge is -2.25. The fraction of sp³-hybridized carbons (Fsp3) is 0.273. The van der Waals surface area contributed by atoms with Crippen LogP contribution in [0.5, 0.6) is 0 Å². The van der Waals surface area contributed by atoms with Crippen molar-refractivity contribution in [2.24, 2.45) is 5.73 Å². The number of pyridine rings is 1. The third-order valence-electron chi connectivity index (χ3n) is 5.10. The minimum atomic E-state index is -0.399. The minimum Gasteiger partial charge on any atom is -0.382 e. The average molecular weight is 393 g/mol. The van der Waals surface area contributed by atoms with E-state index in [0.29, 0.717) is 11.6 Å². The van der Waals surface area contributed by atoms with Gasteiger partial charge in [0.1, 0.15) is 0 Å². The van der Waals surface area contributed by atoms with Crippen LogP contribution in [-0.2, 0) is 0 Å². The van der Waals surface area contributed by atoms with Crippen molar-refractivity contribution in [3.05, 3.63) is 66.6 Å². The van der Waals surface area contributed by atoms with Crippen LogP contribution in [0.25, 0.3) is 5.69 Å². The summed E-state index contributed by atoms with van der Waals surface area (Å²) in [7, 11) is 0. The maximum Gasteiger partial charge on any atom is 0.250 e. The molecule has 0 atom stereocenters. The summed E-state index contributed by atoms with van der Waals surface area (Å²) in [6.45, 7) is 0. The molecule has 28 heavy (non-hydrogen) atoms. The van der Waals surface area contributed by atoms with Crippen LogP contribution in [-0.4, -0.2) is 21.5 Å². The van der Waals surface area contributed by atoms with Gasteiger partial charge in [-0.15, -0.1) is 0 Å². The third kappa shape index (κ3) is 4.22. The molecule has 5 nitrogen and oxygen atoms in total. The van der Waals surface area contributed by atoms with Crippen molar-refractivity contribution >= 4 is 23.4 Å². The Balaban J connectivity index is 1.64. The van der Waals surface area contributed by atoms with Gasteiger partial charge in [-0.1, -0.05) is 31.0 Å². The second-order valence-electron chi connectivity index (χ2n) is 7.07. The summed E-state index contributed by atoms with van der Waals surface area (Å²) in [5.41, 5.74) is 8.00. The fourth-order valence-corrected chi connectivity index (χ4v) is 4.58. The van der Waals surface area contributed by atoms with Gasteiger partial charge in [0.25, 0.3) is 5.91 Å². The van der Waals surface area contributed by atoms with Gasteiger partial charge in [0, 0.05) is 40.9 Å². The highest BCUT2D eigenvalue weighted by atomic mass is 32.2. The van der Waals surface area contributed by atoms with E-state index in [2.05, 4.69) is 20.9 Å². The van der Waals surface area contributed by atoms with Crippen LogP contribution in [0, 0.1) is 0 Å². The Bertz CT molecular complexity index is 948. The van der Waals surface area contributed by atoms with E-state index >= 15 is 0 Å². The van der Waals surface area contributed by atoms with Crippen LogP contribution in [0.15, 0.2) is 71.0 Å². The van der Waals surface area contributed by atoms with Crippen molar-refractivity contribution in [1.29, 1.82) is 0 Å². The van der Waals surface area contributed by atoms with E-state index in [1.165, 1.54) is 19.3 Å². The number of nitrogens with one attached hydrogen (secondary N) is 1. The van der Waals surface area contributed by atoms with E-state index in [4.69, 9.17) is 5.73 Å². The van der Waals surface area contributed by atoms with Gasteiger partial charge in [0.2, 0.25) is 0 Å². The molecular formula is C22H24N4OS. The Morgan fingerprint density at radius 3 is 2.64 bits per heavy atom. The maximum absolute atomic E-state index is 11.9. The van der Waals surface area contributed by atoms with Gasteiger partial charge >= 0.3 is 0 Å². The molecule has 1 aliphatic carbocycles. The average Bonchev–Trinajstić information content (AvgIpc) is 3.17. The summed E-state index contributed by atoms with van der Waals surface area (Å²) in [5.74, 6) is -0.399. The molecule has 4 rings (SSSR count). The van der Waals surface area contributed by atoms with Crippen molar-refractivity contribution in [1.82, 2.24) is 9.55 Å². The molecule has 0 saturated heterocycles. The SMILES string of the molecule is NC(=O)c1ccc(-n2cccc2Sc2ccncc2)cc1NC1CCCCC1. The van der Waals surface area contributed by atoms with Crippen LogP contribution < -0.4 is 11.1 Å². The van der Waals surface area contributed by atoms with Gasteiger partial charge in [-0.2, -0.15) is 0 Å². The Morgan fingerprint density at radius 1 is 1.11 bits per heavy atom. The molecule has 0 aliphatic heterocycles. The predicted molar refractivity (Wildman–Crippen MR) is 113 cm³/mol. The first kappa shape index (κ1) is 18.6. The molecule has 0 bridgehead atoms. The first-order chi connectivity index (χ1) is 13.7. The molecule has 1 aromatic carbocycles. The number of amides is 1. The quantitative estimate of drug-likeness (QED) is 0.628. The van der Waals surface area contributed by atoms with Gasteiger partial charge in [-0.3, -0.25) is 9.78 Å². The standard InChI is InChI=1S/C22H24N4OS/c23-22(27)19-9-8-17(15-20(19)25-16-5-2-1-3-6-16)26-14-4-7-21(26)28-18-10-12-24-13-11-18/h4,7-16,25H,1-3,5-6H2,(H2,23,27). The molecule has 1 aliphatic rings. The van der Waals surface area contributed by atoms with Crippen LogP contribution in [0.2, 0.25) is 0 Å². The molecule has 3 aromatic rings. The summed E-state index contributed by atoms with van der Waals surface area (Å²) in [5, 5.41) is 4.67. The van der Waals surface area contributed by atoms with Crippen molar-refractivity contribution in [2.75, 3.05) is 5.32 Å². The van der Waals surface area contributed by atoms with E-state index in [0.717, 1.165) is 34.1 Å². The zero-order valence-electron chi connectivity index (χ0n) is 15.7. The van der Waals surface area contributed by atoms with Crippen LogP contribution in [0.4, 0.5) is 5.69 Å². The largest absolute Gasteiger partial charge is 0.382 e. The molecule has 1 fully saturated rings. The Hall–Kier alpha value is -2.73. The van der Waals surface area contributed by atoms with Gasteiger partial charge in [0.05, 0.1) is 10.6 Å². The minimum absolute atomic E-state index is 0.399. The molecular weight excluding hydrogens is 368 g/mol. The maximum atomic E-state index is 11.9. The van der Waals surface area contributed by atoms with Gasteiger partial charge in [-0.05, 0) is 55.3 Å². The van der Waals surface area contributed by atoms with E-state index in [-0.39, 0.29) is 0 Å². The van der Waals surface area contributed by atoms with Crippen molar-refractivity contribution in [2.45, 2.75) is 48.1 Å². The number of benzene rings is 1. The van der Waals surface area contributed by atoms with Crippen LogP contribution >= 0.6 is 11.8 Å². The van der Waals surface area contributed by atoms with E-state index in [1.54, 1.807) is 24.2 Å². The van der Waals surface area contributed by atoms with Gasteiger partial charge in [0.15, 0.2) is 0 Å². The van der Waals surface area contributed by atoms with E-state index in [9.17, 15) is 4.79 Å². The molecule has 1 amide bonds. The molecule has 6 heteroatoms. The lowest BCUT2D eigenvalue weighted by Crippen LogP contribution is -2.24. The lowest BCUT2D eigenvalue weighted by atomic mass is 9.95. The van der Waals surface area contributed by atoms with Crippen LogP contribution in [0.3, 0.4) is 0 Å². The summed E-state index contributed by atoms with van der Waals surface area (Å²) in [6.07, 6.45) is 11.6. The number of rotatable bonds is 6. The third-order valence-corrected chi connectivity index (χ3v) is 6.14. The first-order valence-electron chi connectivity index (χ1n) is 9.67. The molecule has 3 N–H and O–H groups in total. The number of carbonyl (C=O) groups excluding carboxylic acids is 1. The number of anilines is 1. The fourth-order valence-electron chi connectivity index (χ4n) is 3.67. The highest BCUT2D eigenvalue weighted by Gasteiger charge is 2.17. The number of carbonyl (C=O) groups is 1. The zero-order chi connectivity index (χ0) is 19.3. The first-order valence-corrected chi connectivity index (χ1v) is 10.5. The van der Waals surface area contributed by atoms with Gasteiger partial charge < -0.3 is 15.6 Å². The van der Waals surface area contributed by atoms with Crippen molar-refractivity contribution < 1.29 is 4.79 Å². The normalized spacial score (nSPS) is 14.7. The predicted octanol–water partition coefficient (Wildman–Crippen LogP) is 4.87. The zero-order valence-corrected chi connectivity index (χ0v) is 16.5. The summed E-state index contributed by atoms with van der Waals surface area (Å²) >= 11 is 1.68. The molecule has 2 aromatic heterocycles. The number of aromatic nitrogens is 2. The Labute approximate surface area is 169 Å². The molecule has 0 radical (unpaired) electrons. The van der Waals surface area contributed by atoms with E-state index in [1.807, 2.05) is 42.6 Å². The number of nitrogens with zero attached hydrogens (tertiary/aromatic N) is 2. The second kappa shape index (κ2) is 8.52. The van der Waals surface area contributed by atoms with Crippen molar-refractivity contribution in [3.63, 3.8) is 0 Å². The van der Waals surface area contributed by atoms with Crippen molar-refractivity contribution in [3.8, 4) is 5.69 Å². The summed E-state index contributed by atoms with van der Waals surface area (Å²) in [4.78, 5) is 17.1. The Morgan fingerprint density at radius 2 is 1.89 bits per heavy atom. The lowest BCUT2D eigenvalue weighted by molar-refractivity contribution is 0.100. The van der Waals surface area contributed by atoms with E-state index < -0.39 is 5.91 Å². The molecule has 0 unspecified atom stereocenters. The summed E-state index contributed by atoms with van der Waals surface area (Å²) < 4.78 is 2.13. The molecule has 1 saturated carbocycles. The molecule has 144 valence electrons. The topological polar surface area (TPSA) is 72.9 Å².